The quantitative estimate of drug-likeness (QED) is 0.700. The van der Waals surface area contributed by atoms with Crippen LogP contribution in [0.25, 0.3) is 0 Å². The molecule has 0 aliphatic carbocycles. The largest absolute Gasteiger partial charge is 0.300 e. The Bertz CT molecular complexity index is 289. The fourth-order valence-corrected chi connectivity index (χ4v) is 1.28. The topological polar surface area (TPSA) is 12.0 Å². The second-order valence-corrected chi connectivity index (χ2v) is 3.13. The molecule has 0 unspecified atom stereocenters. The van der Waals surface area contributed by atoms with Crippen molar-refractivity contribution in [3.05, 3.63) is 35.9 Å². The van der Waals surface area contributed by atoms with E-state index in [1.807, 2.05) is 30.3 Å². The van der Waals surface area contributed by atoms with E-state index < -0.39 is 6.67 Å². The lowest BCUT2D eigenvalue weighted by molar-refractivity contribution is 0.383. The van der Waals surface area contributed by atoms with Crippen LogP contribution in [0.1, 0.15) is 5.56 Å². The first-order valence-electron chi connectivity index (χ1n) is 4.63. The maximum Gasteiger partial charge on any atom is 0.105 e. The molecule has 0 aromatic heterocycles. The van der Waals surface area contributed by atoms with Crippen LogP contribution in [0.5, 0.6) is 0 Å². The van der Waals surface area contributed by atoms with Gasteiger partial charge in [-0.1, -0.05) is 36.3 Å². The van der Waals surface area contributed by atoms with Crippen molar-refractivity contribution in [2.45, 2.75) is 12.5 Å². The van der Waals surface area contributed by atoms with Crippen LogP contribution in [-0.4, -0.2) is 19.3 Å². The minimum absolute atomic E-state index is 0.173. The molecule has 0 saturated carbocycles. The van der Waals surface area contributed by atoms with Gasteiger partial charge in [0.15, 0.2) is 0 Å². The zero-order valence-electron chi connectivity index (χ0n) is 8.04. The summed E-state index contributed by atoms with van der Waals surface area (Å²) in [4.78, 5) is 0. The molecule has 1 rings (SSSR count). The molecule has 14 heavy (non-hydrogen) atoms. The normalized spacial score (nSPS) is 12.0. The van der Waals surface area contributed by atoms with Gasteiger partial charge in [-0.05, 0) is 12.0 Å². The number of terminal acetylenes is 1. The van der Waals surface area contributed by atoms with E-state index in [9.17, 15) is 4.39 Å². The van der Waals surface area contributed by atoms with Crippen LogP contribution >= 0.6 is 0 Å². The van der Waals surface area contributed by atoms with Crippen molar-refractivity contribution in [2.75, 3.05) is 13.2 Å². The van der Waals surface area contributed by atoms with Crippen LogP contribution in [0.2, 0.25) is 0 Å². The zero-order valence-corrected chi connectivity index (χ0v) is 8.04. The van der Waals surface area contributed by atoms with E-state index >= 15 is 0 Å². The smallest absolute Gasteiger partial charge is 0.105 e. The van der Waals surface area contributed by atoms with Gasteiger partial charge in [0.25, 0.3) is 0 Å². The summed E-state index contributed by atoms with van der Waals surface area (Å²) in [5, 5.41) is 2.96. The first-order chi connectivity index (χ1) is 6.86. The summed E-state index contributed by atoms with van der Waals surface area (Å²) in [5.74, 6) is 2.44. The predicted octanol–water partition coefficient (Wildman–Crippen LogP) is 1.79. The van der Waals surface area contributed by atoms with Crippen LogP contribution < -0.4 is 5.32 Å². The van der Waals surface area contributed by atoms with Gasteiger partial charge in [-0.3, -0.25) is 0 Å². The maximum absolute atomic E-state index is 12.5. The van der Waals surface area contributed by atoms with Crippen molar-refractivity contribution in [3.8, 4) is 12.3 Å². The average molecular weight is 191 g/mol. The Kier molecular flexibility index (Phi) is 4.74. The molecule has 0 radical (unpaired) electrons. The van der Waals surface area contributed by atoms with E-state index in [1.54, 1.807) is 0 Å². The monoisotopic (exact) mass is 191 g/mol. The molecule has 0 fully saturated rings. The van der Waals surface area contributed by atoms with Gasteiger partial charge in [-0.15, -0.1) is 6.42 Å². The van der Waals surface area contributed by atoms with E-state index in [-0.39, 0.29) is 6.04 Å². The van der Waals surface area contributed by atoms with Crippen LogP contribution in [0.4, 0.5) is 4.39 Å². The summed E-state index contributed by atoms with van der Waals surface area (Å²) in [5.41, 5.74) is 1.12. The highest BCUT2D eigenvalue weighted by Crippen LogP contribution is 2.03. The second-order valence-electron chi connectivity index (χ2n) is 3.13. The van der Waals surface area contributed by atoms with Crippen molar-refractivity contribution < 1.29 is 4.39 Å². The third kappa shape index (κ3) is 3.59. The molecule has 0 spiro atoms. The van der Waals surface area contributed by atoms with Gasteiger partial charge in [-0.2, -0.15) is 0 Å². The van der Waals surface area contributed by atoms with Crippen LogP contribution in [0, 0.1) is 12.3 Å². The highest BCUT2D eigenvalue weighted by atomic mass is 19.1. The first-order valence-corrected chi connectivity index (χ1v) is 4.63. The maximum atomic E-state index is 12.5. The molecule has 74 valence electrons. The number of halogens is 1. The summed E-state index contributed by atoms with van der Waals surface area (Å²) in [6.07, 6.45) is 5.77. The summed E-state index contributed by atoms with van der Waals surface area (Å²) in [7, 11) is 0. The van der Waals surface area contributed by atoms with Gasteiger partial charge < -0.3 is 5.32 Å². The number of hydrogen-bond donors (Lipinski definition) is 1. The summed E-state index contributed by atoms with van der Waals surface area (Å²) in [6.45, 7) is 0.0258. The molecule has 0 heterocycles. The predicted molar refractivity (Wildman–Crippen MR) is 56.7 cm³/mol. The molecule has 0 amide bonds. The van der Waals surface area contributed by atoms with Gasteiger partial charge in [0, 0.05) is 6.04 Å². The SMILES string of the molecule is C#CCN[C@H](CF)Cc1ccccc1. The van der Waals surface area contributed by atoms with Crippen LogP contribution in [0.3, 0.4) is 0 Å². The molecule has 0 aliphatic heterocycles. The van der Waals surface area contributed by atoms with Gasteiger partial charge in [0.05, 0.1) is 6.54 Å². The number of alkyl halides is 1. The van der Waals surface area contributed by atoms with Crippen LogP contribution in [0.15, 0.2) is 30.3 Å². The lowest BCUT2D eigenvalue weighted by atomic mass is 10.1. The highest BCUT2D eigenvalue weighted by Gasteiger charge is 2.06. The average Bonchev–Trinajstić information content (AvgIpc) is 2.25. The number of benzene rings is 1. The van der Waals surface area contributed by atoms with Crippen molar-refractivity contribution in [1.82, 2.24) is 5.32 Å². The van der Waals surface area contributed by atoms with Gasteiger partial charge in [0.2, 0.25) is 0 Å². The Morgan fingerprint density at radius 2 is 2.07 bits per heavy atom. The molecule has 2 heteroatoms. The number of nitrogens with one attached hydrogen (secondary N) is 1. The van der Waals surface area contributed by atoms with Crippen molar-refractivity contribution in [1.29, 1.82) is 0 Å². The number of hydrogen-bond acceptors (Lipinski definition) is 1. The fraction of sp³-hybridized carbons (Fsp3) is 0.333. The molecule has 1 N–H and O–H groups in total. The molecule has 1 aromatic carbocycles. The Balaban J connectivity index is 2.45. The fourth-order valence-electron chi connectivity index (χ4n) is 1.28. The Labute approximate surface area is 84.3 Å². The van der Waals surface area contributed by atoms with Crippen LogP contribution in [-0.2, 0) is 6.42 Å². The standard InChI is InChI=1S/C12H14FN/c1-2-8-14-12(10-13)9-11-6-4-3-5-7-11/h1,3-7,12,14H,8-10H2/t12-/m0/s1. The van der Waals surface area contributed by atoms with E-state index in [4.69, 9.17) is 6.42 Å². The molecule has 0 bridgehead atoms. The Morgan fingerprint density at radius 1 is 1.36 bits per heavy atom. The summed E-state index contributed by atoms with van der Waals surface area (Å²) < 4.78 is 12.5. The minimum atomic E-state index is -0.392. The van der Waals surface area contributed by atoms with E-state index in [1.165, 1.54) is 0 Å². The second kappa shape index (κ2) is 6.17. The summed E-state index contributed by atoms with van der Waals surface area (Å²) >= 11 is 0. The summed E-state index contributed by atoms with van der Waals surface area (Å²) in [6, 6.07) is 9.65. The van der Waals surface area contributed by atoms with E-state index in [2.05, 4.69) is 11.2 Å². The van der Waals surface area contributed by atoms with Crippen molar-refractivity contribution in [2.24, 2.45) is 0 Å². The van der Waals surface area contributed by atoms with Gasteiger partial charge >= 0.3 is 0 Å². The minimum Gasteiger partial charge on any atom is -0.300 e. The molecule has 1 nitrogen and oxygen atoms in total. The lowest BCUT2D eigenvalue weighted by Crippen LogP contribution is -2.33. The zero-order chi connectivity index (χ0) is 10.2. The van der Waals surface area contributed by atoms with E-state index in [0.29, 0.717) is 13.0 Å². The molecule has 1 aromatic rings. The Morgan fingerprint density at radius 3 is 2.64 bits per heavy atom. The number of rotatable bonds is 5. The van der Waals surface area contributed by atoms with Gasteiger partial charge in [0.1, 0.15) is 6.67 Å². The Hall–Kier alpha value is -1.33. The van der Waals surface area contributed by atoms with Gasteiger partial charge in [-0.25, -0.2) is 4.39 Å². The van der Waals surface area contributed by atoms with Crippen molar-refractivity contribution in [3.63, 3.8) is 0 Å². The van der Waals surface area contributed by atoms with E-state index in [0.717, 1.165) is 5.56 Å². The molecule has 1 atom stereocenters. The molecule has 0 saturated heterocycles. The molecular weight excluding hydrogens is 177 g/mol. The lowest BCUT2D eigenvalue weighted by Gasteiger charge is -2.13. The molecular formula is C12H14FN. The highest BCUT2D eigenvalue weighted by molar-refractivity contribution is 5.16. The first kappa shape index (κ1) is 10.7. The third-order valence-electron chi connectivity index (χ3n) is 2.00. The van der Waals surface area contributed by atoms with Crippen molar-refractivity contribution >= 4 is 0 Å². The third-order valence-corrected chi connectivity index (χ3v) is 2.00. The molecule has 0 aliphatic rings.